The maximum Gasteiger partial charge on any atom is 0.121 e. The molecule has 0 heterocycles. The van der Waals surface area contributed by atoms with Crippen LogP contribution in [0.25, 0.3) is 0 Å². The summed E-state index contributed by atoms with van der Waals surface area (Å²) in [5.74, 6) is 0.775. The molecule has 0 saturated heterocycles. The Kier molecular flexibility index (Phi) is 4.11. The summed E-state index contributed by atoms with van der Waals surface area (Å²) in [6, 6.07) is 5.57. The monoisotopic (exact) mass is 297 g/mol. The van der Waals surface area contributed by atoms with E-state index < -0.39 is 0 Å². The Bertz CT molecular complexity index is 247. The van der Waals surface area contributed by atoms with Crippen molar-refractivity contribution in [2.75, 3.05) is 13.2 Å². The largest absolute Gasteiger partial charge is 0.492 e. The molecule has 0 amide bonds. The van der Waals surface area contributed by atoms with Crippen LogP contribution in [-0.2, 0) is 0 Å². The number of rotatable bonds is 3. The van der Waals surface area contributed by atoms with Gasteiger partial charge in [-0.3, -0.25) is 0 Å². The molecular weight excluding hydrogens is 288 g/mol. The second-order valence-electron chi connectivity index (χ2n) is 2.24. The van der Waals surface area contributed by atoms with Crippen LogP contribution in [0.4, 0.5) is 0 Å². The standard InChI is InChI=1S/C8H9ClINO/c9-6-3-7(10)5-8(4-6)12-2-1-11/h3-5H,1-2,11H2. The van der Waals surface area contributed by atoms with E-state index in [1.54, 1.807) is 6.07 Å². The Morgan fingerprint density at radius 3 is 2.75 bits per heavy atom. The average molecular weight is 298 g/mol. The molecule has 2 nitrogen and oxygen atoms in total. The number of nitrogens with two attached hydrogens (primary N) is 1. The van der Waals surface area contributed by atoms with Gasteiger partial charge in [-0.1, -0.05) is 11.6 Å². The van der Waals surface area contributed by atoms with Gasteiger partial charge in [-0.25, -0.2) is 0 Å². The first-order valence-corrected chi connectivity index (χ1v) is 4.97. The Labute approximate surface area is 90.2 Å². The molecule has 66 valence electrons. The second-order valence-corrected chi connectivity index (χ2v) is 3.92. The van der Waals surface area contributed by atoms with Crippen LogP contribution in [0.1, 0.15) is 0 Å². The average Bonchev–Trinajstić information content (AvgIpc) is 1.99. The Balaban J connectivity index is 2.72. The molecule has 2 N–H and O–H groups in total. The van der Waals surface area contributed by atoms with E-state index in [9.17, 15) is 0 Å². The molecule has 0 aliphatic rings. The lowest BCUT2D eigenvalue weighted by Gasteiger charge is -2.04. The van der Waals surface area contributed by atoms with Crippen LogP contribution in [0.5, 0.6) is 5.75 Å². The minimum atomic E-state index is 0.517. The van der Waals surface area contributed by atoms with Crippen LogP contribution in [0.2, 0.25) is 5.02 Å². The van der Waals surface area contributed by atoms with E-state index in [4.69, 9.17) is 22.1 Å². The molecule has 0 saturated carbocycles. The molecule has 0 fully saturated rings. The van der Waals surface area contributed by atoms with E-state index in [1.807, 2.05) is 12.1 Å². The van der Waals surface area contributed by atoms with Gasteiger partial charge in [0.05, 0.1) is 0 Å². The van der Waals surface area contributed by atoms with E-state index in [-0.39, 0.29) is 0 Å². The van der Waals surface area contributed by atoms with Crippen molar-refractivity contribution in [3.05, 3.63) is 26.8 Å². The van der Waals surface area contributed by atoms with Gasteiger partial charge in [0.25, 0.3) is 0 Å². The van der Waals surface area contributed by atoms with Crippen LogP contribution in [0.15, 0.2) is 18.2 Å². The fourth-order valence-electron chi connectivity index (χ4n) is 0.789. The van der Waals surface area contributed by atoms with Gasteiger partial charge in [-0.05, 0) is 40.8 Å². The molecule has 0 atom stereocenters. The molecule has 1 aromatic carbocycles. The highest BCUT2D eigenvalue weighted by atomic mass is 127. The van der Waals surface area contributed by atoms with Crippen molar-refractivity contribution >= 4 is 34.2 Å². The van der Waals surface area contributed by atoms with Crippen molar-refractivity contribution in [2.45, 2.75) is 0 Å². The van der Waals surface area contributed by atoms with Crippen molar-refractivity contribution in [3.8, 4) is 5.75 Å². The highest BCUT2D eigenvalue weighted by molar-refractivity contribution is 14.1. The van der Waals surface area contributed by atoms with Gasteiger partial charge in [-0.2, -0.15) is 0 Å². The van der Waals surface area contributed by atoms with E-state index in [0.29, 0.717) is 18.2 Å². The van der Waals surface area contributed by atoms with Gasteiger partial charge < -0.3 is 10.5 Å². The van der Waals surface area contributed by atoms with Crippen molar-refractivity contribution in [1.29, 1.82) is 0 Å². The van der Waals surface area contributed by atoms with Crippen LogP contribution >= 0.6 is 34.2 Å². The number of hydrogen-bond acceptors (Lipinski definition) is 2. The van der Waals surface area contributed by atoms with Crippen molar-refractivity contribution in [3.63, 3.8) is 0 Å². The third-order valence-electron chi connectivity index (χ3n) is 1.22. The highest BCUT2D eigenvalue weighted by Crippen LogP contribution is 2.21. The summed E-state index contributed by atoms with van der Waals surface area (Å²) in [6.45, 7) is 1.04. The number of ether oxygens (including phenoxy) is 1. The molecule has 0 radical (unpaired) electrons. The quantitative estimate of drug-likeness (QED) is 0.869. The normalized spacial score (nSPS) is 9.92. The van der Waals surface area contributed by atoms with Gasteiger partial charge in [0.15, 0.2) is 0 Å². The van der Waals surface area contributed by atoms with E-state index in [2.05, 4.69) is 22.6 Å². The fourth-order valence-corrected chi connectivity index (χ4v) is 1.84. The summed E-state index contributed by atoms with van der Waals surface area (Å²) in [6.07, 6.45) is 0. The van der Waals surface area contributed by atoms with E-state index >= 15 is 0 Å². The molecule has 0 unspecified atom stereocenters. The molecular formula is C8H9ClINO. The Morgan fingerprint density at radius 1 is 1.42 bits per heavy atom. The molecule has 0 aliphatic heterocycles. The van der Waals surface area contributed by atoms with Crippen LogP contribution in [0.3, 0.4) is 0 Å². The molecule has 0 aromatic heterocycles. The summed E-state index contributed by atoms with van der Waals surface area (Å²) in [7, 11) is 0. The molecule has 0 aliphatic carbocycles. The van der Waals surface area contributed by atoms with Gasteiger partial charge in [0, 0.05) is 15.1 Å². The zero-order chi connectivity index (χ0) is 8.97. The van der Waals surface area contributed by atoms with E-state index in [0.717, 1.165) is 9.32 Å². The first kappa shape index (κ1) is 10.1. The van der Waals surface area contributed by atoms with Gasteiger partial charge in [0.1, 0.15) is 12.4 Å². The lowest BCUT2D eigenvalue weighted by Crippen LogP contribution is -2.10. The number of benzene rings is 1. The zero-order valence-corrected chi connectivity index (χ0v) is 9.30. The Morgan fingerprint density at radius 2 is 2.17 bits per heavy atom. The zero-order valence-electron chi connectivity index (χ0n) is 6.39. The first-order chi connectivity index (χ1) is 5.72. The topological polar surface area (TPSA) is 35.2 Å². The molecule has 1 aromatic rings. The minimum Gasteiger partial charge on any atom is -0.492 e. The summed E-state index contributed by atoms with van der Waals surface area (Å²) in [4.78, 5) is 0. The highest BCUT2D eigenvalue weighted by Gasteiger charge is 1.97. The molecule has 1 rings (SSSR count). The lowest BCUT2D eigenvalue weighted by molar-refractivity contribution is 0.328. The molecule has 4 heteroatoms. The fraction of sp³-hybridized carbons (Fsp3) is 0.250. The third kappa shape index (κ3) is 3.16. The summed E-state index contributed by atoms with van der Waals surface area (Å²) < 4.78 is 6.36. The van der Waals surface area contributed by atoms with Gasteiger partial charge in [0.2, 0.25) is 0 Å². The van der Waals surface area contributed by atoms with Crippen LogP contribution < -0.4 is 10.5 Å². The first-order valence-electron chi connectivity index (χ1n) is 3.51. The second kappa shape index (κ2) is 4.89. The lowest BCUT2D eigenvalue weighted by atomic mass is 10.3. The van der Waals surface area contributed by atoms with Crippen LogP contribution in [-0.4, -0.2) is 13.2 Å². The molecule has 0 spiro atoms. The summed E-state index contributed by atoms with van der Waals surface area (Å²) in [5.41, 5.74) is 5.29. The minimum absolute atomic E-state index is 0.517. The van der Waals surface area contributed by atoms with Crippen molar-refractivity contribution in [1.82, 2.24) is 0 Å². The van der Waals surface area contributed by atoms with Crippen molar-refractivity contribution < 1.29 is 4.74 Å². The van der Waals surface area contributed by atoms with E-state index in [1.165, 1.54) is 0 Å². The summed E-state index contributed by atoms with van der Waals surface area (Å²) >= 11 is 8.00. The maximum atomic E-state index is 5.81. The smallest absolute Gasteiger partial charge is 0.121 e. The number of halogens is 2. The number of hydrogen-bond donors (Lipinski definition) is 1. The predicted octanol–water partition coefficient (Wildman–Crippen LogP) is 2.28. The molecule has 0 bridgehead atoms. The third-order valence-corrected chi connectivity index (χ3v) is 2.06. The SMILES string of the molecule is NCCOc1cc(Cl)cc(I)c1. The van der Waals surface area contributed by atoms with Crippen LogP contribution in [0, 0.1) is 3.57 Å². The van der Waals surface area contributed by atoms with Crippen molar-refractivity contribution in [2.24, 2.45) is 5.73 Å². The summed E-state index contributed by atoms with van der Waals surface area (Å²) in [5, 5.41) is 0.689. The van der Waals surface area contributed by atoms with Gasteiger partial charge >= 0.3 is 0 Å². The Hall–Kier alpha value is -0.000000000000000111. The van der Waals surface area contributed by atoms with Gasteiger partial charge in [-0.15, -0.1) is 0 Å². The maximum absolute atomic E-state index is 5.81. The molecule has 12 heavy (non-hydrogen) atoms. The predicted molar refractivity (Wildman–Crippen MR) is 58.7 cm³/mol.